The zero-order valence-corrected chi connectivity index (χ0v) is 14.4. The minimum Gasteiger partial charge on any atom is -0.494 e. The first-order valence-corrected chi connectivity index (χ1v) is 8.43. The molecule has 0 saturated heterocycles. The maximum atomic E-state index is 10.6. The molecule has 0 saturated carbocycles. The fourth-order valence-electron chi connectivity index (χ4n) is 3.04. The minimum absolute atomic E-state index is 0.0836. The van der Waals surface area contributed by atoms with Crippen molar-refractivity contribution >= 4 is 28.0 Å². The molecule has 0 aliphatic heterocycles. The van der Waals surface area contributed by atoms with E-state index in [1.54, 1.807) is 6.07 Å². The summed E-state index contributed by atoms with van der Waals surface area (Å²) < 4.78 is 0. The highest BCUT2D eigenvalue weighted by Gasteiger charge is 2.18. The Morgan fingerprint density at radius 2 is 1.69 bits per heavy atom. The van der Waals surface area contributed by atoms with Crippen LogP contribution in [0.1, 0.15) is 16.7 Å². The molecular formula is C22H19N3O. The molecule has 0 amide bonds. The monoisotopic (exact) mass is 341 g/mol. The van der Waals surface area contributed by atoms with E-state index < -0.39 is 0 Å². The molecule has 0 bridgehead atoms. The van der Waals surface area contributed by atoms with Gasteiger partial charge in [0.25, 0.3) is 0 Å². The Hall–Kier alpha value is -3.53. The van der Waals surface area contributed by atoms with Crippen molar-refractivity contribution < 1.29 is 5.11 Å². The number of hydrogen-bond acceptors (Lipinski definition) is 3. The van der Waals surface area contributed by atoms with Crippen LogP contribution in [0.15, 0.2) is 77.8 Å². The van der Waals surface area contributed by atoms with Gasteiger partial charge < -0.3 is 15.8 Å². The molecule has 3 aromatic carbocycles. The summed E-state index contributed by atoms with van der Waals surface area (Å²) in [4.78, 5) is 7.87. The van der Waals surface area contributed by atoms with Crippen molar-refractivity contribution in [1.29, 1.82) is 0 Å². The predicted octanol–water partition coefficient (Wildman–Crippen LogP) is 4.93. The molecule has 4 rings (SSSR count). The smallest absolute Gasteiger partial charge is 0.199 e. The third-order valence-corrected chi connectivity index (χ3v) is 4.36. The molecule has 4 N–H and O–H groups in total. The van der Waals surface area contributed by atoms with Gasteiger partial charge in [-0.1, -0.05) is 48.0 Å². The number of H-pyrrole nitrogens is 1. The van der Waals surface area contributed by atoms with Gasteiger partial charge in [0.2, 0.25) is 0 Å². The van der Waals surface area contributed by atoms with E-state index in [2.05, 4.69) is 4.98 Å². The Balaban J connectivity index is 1.99. The molecule has 1 heterocycles. The number of aromatic nitrogens is 1. The van der Waals surface area contributed by atoms with Crippen molar-refractivity contribution in [3.05, 3.63) is 89.5 Å². The summed E-state index contributed by atoms with van der Waals surface area (Å²) in [6.07, 6.45) is 0. The van der Waals surface area contributed by atoms with E-state index in [9.17, 15) is 5.11 Å². The lowest BCUT2D eigenvalue weighted by molar-refractivity contribution is 0.457. The van der Waals surface area contributed by atoms with Crippen LogP contribution in [0, 0.1) is 6.92 Å². The molecule has 0 atom stereocenters. The number of nitrogens with two attached hydrogens (primary N) is 1. The van der Waals surface area contributed by atoms with E-state index in [1.807, 2.05) is 73.7 Å². The van der Waals surface area contributed by atoms with Gasteiger partial charge in [-0.2, -0.15) is 0 Å². The van der Waals surface area contributed by atoms with Crippen LogP contribution in [0.2, 0.25) is 0 Å². The van der Waals surface area contributed by atoms with Crippen LogP contribution < -0.4 is 5.73 Å². The second-order valence-electron chi connectivity index (χ2n) is 6.32. The number of nitrogens with zero attached hydrogens (tertiary/aromatic N) is 1. The Morgan fingerprint density at radius 1 is 0.962 bits per heavy atom. The second kappa shape index (κ2) is 6.41. The number of fused-ring (bicyclic) bond motifs is 1. The highest BCUT2D eigenvalue weighted by atomic mass is 16.3. The van der Waals surface area contributed by atoms with Gasteiger partial charge in [0.15, 0.2) is 5.88 Å². The topological polar surface area (TPSA) is 74.4 Å². The second-order valence-corrected chi connectivity index (χ2v) is 6.32. The molecule has 0 aliphatic rings. The van der Waals surface area contributed by atoms with Crippen molar-refractivity contribution in [2.75, 3.05) is 5.73 Å². The molecule has 4 heteroatoms. The van der Waals surface area contributed by atoms with Gasteiger partial charge in [-0.15, -0.1) is 0 Å². The Morgan fingerprint density at radius 3 is 2.42 bits per heavy atom. The van der Waals surface area contributed by atoms with Crippen LogP contribution in [0.25, 0.3) is 10.9 Å². The maximum Gasteiger partial charge on any atom is 0.199 e. The predicted molar refractivity (Wildman–Crippen MR) is 107 cm³/mol. The number of anilines is 1. The Bertz CT molecular complexity index is 1090. The molecular weight excluding hydrogens is 322 g/mol. The van der Waals surface area contributed by atoms with Crippen molar-refractivity contribution in [2.45, 2.75) is 6.92 Å². The van der Waals surface area contributed by atoms with E-state index in [-0.39, 0.29) is 5.88 Å². The Labute approximate surface area is 151 Å². The molecule has 0 fully saturated rings. The SMILES string of the molecule is Cc1ccc(N=C(c2ccccc2)c2c(O)[nH]c3ccc(N)cc23)cc1. The maximum absolute atomic E-state index is 10.6. The van der Waals surface area contributed by atoms with Gasteiger partial charge in [-0.3, -0.25) is 0 Å². The average Bonchev–Trinajstić information content (AvgIpc) is 2.97. The summed E-state index contributed by atoms with van der Waals surface area (Å²) in [7, 11) is 0. The molecule has 4 aromatic rings. The summed E-state index contributed by atoms with van der Waals surface area (Å²) in [5.74, 6) is 0.0836. The number of aromatic amines is 1. The van der Waals surface area contributed by atoms with E-state index in [1.165, 1.54) is 5.56 Å². The third kappa shape index (κ3) is 2.93. The lowest BCUT2D eigenvalue weighted by Crippen LogP contribution is -2.03. The van der Waals surface area contributed by atoms with Gasteiger partial charge in [0.1, 0.15) is 0 Å². The number of rotatable bonds is 3. The molecule has 128 valence electrons. The van der Waals surface area contributed by atoms with Crippen molar-refractivity contribution in [2.24, 2.45) is 4.99 Å². The molecule has 0 aliphatic carbocycles. The minimum atomic E-state index is 0.0836. The summed E-state index contributed by atoms with van der Waals surface area (Å²) in [5.41, 5.74) is 11.7. The average molecular weight is 341 g/mol. The molecule has 0 unspecified atom stereocenters. The molecule has 1 aromatic heterocycles. The zero-order valence-electron chi connectivity index (χ0n) is 14.4. The van der Waals surface area contributed by atoms with Crippen LogP contribution in [0.3, 0.4) is 0 Å². The number of aliphatic imine (C=N–C) groups is 1. The number of hydrogen-bond donors (Lipinski definition) is 3. The molecule has 0 radical (unpaired) electrons. The number of benzene rings is 3. The van der Waals surface area contributed by atoms with Crippen LogP contribution in [-0.2, 0) is 0 Å². The van der Waals surface area contributed by atoms with E-state index >= 15 is 0 Å². The largest absolute Gasteiger partial charge is 0.494 e. The standard InChI is InChI=1S/C22H19N3O/c1-14-7-10-17(11-8-14)24-21(15-5-3-2-4-6-15)20-18-13-16(23)9-12-19(18)25-22(20)26/h2-13,25-26H,23H2,1H3. The lowest BCUT2D eigenvalue weighted by Gasteiger charge is -2.08. The summed E-state index contributed by atoms with van der Waals surface area (Å²) in [5, 5.41) is 11.4. The lowest BCUT2D eigenvalue weighted by atomic mass is 10.0. The van der Waals surface area contributed by atoms with Gasteiger partial charge in [-0.05, 0) is 37.3 Å². The van der Waals surface area contributed by atoms with Crippen LogP contribution in [0.5, 0.6) is 5.88 Å². The summed E-state index contributed by atoms with van der Waals surface area (Å²) in [6.45, 7) is 2.04. The first-order chi connectivity index (χ1) is 12.6. The molecule has 4 nitrogen and oxygen atoms in total. The normalized spacial score (nSPS) is 11.8. The number of nitrogen functional groups attached to an aromatic ring is 1. The highest BCUT2D eigenvalue weighted by molar-refractivity contribution is 6.22. The molecule has 26 heavy (non-hydrogen) atoms. The third-order valence-electron chi connectivity index (χ3n) is 4.36. The number of nitrogens with one attached hydrogen (secondary N) is 1. The van der Waals surface area contributed by atoms with Gasteiger partial charge in [-0.25, -0.2) is 4.99 Å². The first-order valence-electron chi connectivity index (χ1n) is 8.43. The van der Waals surface area contributed by atoms with E-state index in [0.717, 1.165) is 22.2 Å². The summed E-state index contributed by atoms with van der Waals surface area (Å²) >= 11 is 0. The number of aryl methyl sites for hydroxylation is 1. The van der Waals surface area contributed by atoms with Crippen LogP contribution in [0.4, 0.5) is 11.4 Å². The van der Waals surface area contributed by atoms with E-state index in [0.29, 0.717) is 17.0 Å². The van der Waals surface area contributed by atoms with Crippen LogP contribution >= 0.6 is 0 Å². The number of aromatic hydroxyl groups is 1. The fourth-order valence-corrected chi connectivity index (χ4v) is 3.04. The van der Waals surface area contributed by atoms with Crippen molar-refractivity contribution in [3.8, 4) is 5.88 Å². The van der Waals surface area contributed by atoms with Crippen molar-refractivity contribution in [1.82, 2.24) is 4.98 Å². The Kier molecular flexibility index (Phi) is 3.93. The van der Waals surface area contributed by atoms with Gasteiger partial charge in [0, 0.05) is 22.2 Å². The highest BCUT2D eigenvalue weighted by Crippen LogP contribution is 2.32. The van der Waals surface area contributed by atoms with Crippen LogP contribution in [-0.4, -0.2) is 15.8 Å². The van der Waals surface area contributed by atoms with Crippen molar-refractivity contribution in [3.63, 3.8) is 0 Å². The van der Waals surface area contributed by atoms with E-state index in [4.69, 9.17) is 10.7 Å². The quantitative estimate of drug-likeness (QED) is 0.365. The first kappa shape index (κ1) is 16.0. The van der Waals surface area contributed by atoms with Gasteiger partial charge in [0.05, 0.1) is 17.0 Å². The van der Waals surface area contributed by atoms with Gasteiger partial charge >= 0.3 is 0 Å². The fraction of sp³-hybridized carbons (Fsp3) is 0.0455. The summed E-state index contributed by atoms with van der Waals surface area (Å²) in [6, 6.07) is 23.4. The zero-order chi connectivity index (χ0) is 18.1. The molecule has 0 spiro atoms.